The van der Waals surface area contributed by atoms with Gasteiger partial charge in [-0.2, -0.15) is 0 Å². The van der Waals surface area contributed by atoms with Gasteiger partial charge in [0.1, 0.15) is 5.54 Å². The first-order valence-corrected chi connectivity index (χ1v) is 6.19. The molecule has 0 unspecified atom stereocenters. The molecule has 0 bridgehead atoms. The molecule has 0 aromatic heterocycles. The van der Waals surface area contributed by atoms with Crippen LogP contribution in [0, 0.1) is 0 Å². The van der Waals surface area contributed by atoms with Crippen molar-refractivity contribution in [1.82, 2.24) is 5.32 Å². The standard InChI is InChI=1S/C12H23N3O3/c1-11(2,18-3)8-9(16)14-12(10(13)15-17)6-4-5-7-12/h17H,4-8H2,1-3H3,(H2,13,15)(H,14,16). The van der Waals surface area contributed by atoms with E-state index in [2.05, 4.69) is 10.5 Å². The highest BCUT2D eigenvalue weighted by atomic mass is 16.5. The van der Waals surface area contributed by atoms with Crippen LogP contribution >= 0.6 is 0 Å². The molecule has 1 fully saturated rings. The summed E-state index contributed by atoms with van der Waals surface area (Å²) in [6.07, 6.45) is 3.59. The van der Waals surface area contributed by atoms with Crippen molar-refractivity contribution in [1.29, 1.82) is 0 Å². The number of amidine groups is 1. The van der Waals surface area contributed by atoms with Gasteiger partial charge in [-0.05, 0) is 26.7 Å². The zero-order valence-electron chi connectivity index (χ0n) is 11.3. The van der Waals surface area contributed by atoms with Crippen molar-refractivity contribution in [2.45, 2.75) is 57.1 Å². The Morgan fingerprint density at radius 3 is 2.50 bits per heavy atom. The number of amides is 1. The van der Waals surface area contributed by atoms with Crippen molar-refractivity contribution in [3.05, 3.63) is 0 Å². The van der Waals surface area contributed by atoms with Crippen LogP contribution in [0.4, 0.5) is 0 Å². The summed E-state index contributed by atoms with van der Waals surface area (Å²) in [5.41, 5.74) is 4.51. The van der Waals surface area contributed by atoms with Crippen molar-refractivity contribution in [2.24, 2.45) is 10.9 Å². The maximum atomic E-state index is 12.0. The molecule has 1 amide bonds. The molecule has 18 heavy (non-hydrogen) atoms. The Labute approximate surface area is 108 Å². The molecule has 1 aliphatic carbocycles. The van der Waals surface area contributed by atoms with Gasteiger partial charge in [0.2, 0.25) is 5.91 Å². The topological polar surface area (TPSA) is 96.9 Å². The number of carbonyl (C=O) groups excluding carboxylic acids is 1. The minimum Gasteiger partial charge on any atom is -0.409 e. The average molecular weight is 257 g/mol. The van der Waals surface area contributed by atoms with E-state index in [-0.39, 0.29) is 18.2 Å². The van der Waals surface area contributed by atoms with Gasteiger partial charge >= 0.3 is 0 Å². The summed E-state index contributed by atoms with van der Waals surface area (Å²) in [5.74, 6) is -0.0566. The van der Waals surface area contributed by atoms with Gasteiger partial charge in [-0.1, -0.05) is 18.0 Å². The number of nitrogens with zero attached hydrogens (tertiary/aromatic N) is 1. The fourth-order valence-electron chi connectivity index (χ4n) is 2.29. The van der Waals surface area contributed by atoms with Crippen LogP contribution < -0.4 is 11.1 Å². The van der Waals surface area contributed by atoms with E-state index in [1.54, 1.807) is 7.11 Å². The van der Waals surface area contributed by atoms with Gasteiger partial charge in [-0.25, -0.2) is 0 Å². The molecule has 6 heteroatoms. The van der Waals surface area contributed by atoms with Gasteiger partial charge in [0.05, 0.1) is 12.0 Å². The largest absolute Gasteiger partial charge is 0.409 e. The highest BCUT2D eigenvalue weighted by Crippen LogP contribution is 2.30. The monoisotopic (exact) mass is 257 g/mol. The fraction of sp³-hybridized carbons (Fsp3) is 0.833. The highest BCUT2D eigenvalue weighted by molar-refractivity contribution is 5.94. The lowest BCUT2D eigenvalue weighted by Gasteiger charge is -2.31. The van der Waals surface area contributed by atoms with Crippen LogP contribution in [0.1, 0.15) is 46.0 Å². The highest BCUT2D eigenvalue weighted by Gasteiger charge is 2.40. The maximum absolute atomic E-state index is 12.0. The quantitative estimate of drug-likeness (QED) is 0.296. The van der Waals surface area contributed by atoms with E-state index in [1.807, 2.05) is 13.8 Å². The first kappa shape index (κ1) is 14.8. The van der Waals surface area contributed by atoms with E-state index < -0.39 is 11.1 Å². The molecule has 0 heterocycles. The molecule has 104 valence electrons. The summed E-state index contributed by atoms with van der Waals surface area (Å²) in [6.45, 7) is 3.69. The third-order valence-electron chi connectivity index (χ3n) is 3.57. The van der Waals surface area contributed by atoms with Crippen LogP contribution in [-0.4, -0.2) is 35.2 Å². The molecule has 1 aliphatic rings. The third-order valence-corrected chi connectivity index (χ3v) is 3.57. The van der Waals surface area contributed by atoms with Gasteiger partial charge in [0, 0.05) is 7.11 Å². The normalized spacial score (nSPS) is 19.8. The van der Waals surface area contributed by atoms with Crippen LogP contribution in [-0.2, 0) is 9.53 Å². The van der Waals surface area contributed by atoms with Crippen LogP contribution in [0.15, 0.2) is 5.16 Å². The molecular formula is C12H23N3O3. The van der Waals surface area contributed by atoms with Crippen molar-refractivity contribution >= 4 is 11.7 Å². The molecule has 6 nitrogen and oxygen atoms in total. The number of carbonyl (C=O) groups is 1. The Morgan fingerprint density at radius 1 is 1.50 bits per heavy atom. The van der Waals surface area contributed by atoms with Crippen LogP contribution in [0.25, 0.3) is 0 Å². The SMILES string of the molecule is COC(C)(C)CC(=O)NC1(C(N)=NO)CCCC1. The van der Waals surface area contributed by atoms with Gasteiger partial charge < -0.3 is 21.0 Å². The molecule has 0 aromatic rings. The fourth-order valence-corrected chi connectivity index (χ4v) is 2.29. The number of hydrogen-bond acceptors (Lipinski definition) is 4. The second kappa shape index (κ2) is 5.56. The minimum atomic E-state index is -0.685. The van der Waals surface area contributed by atoms with Gasteiger partial charge in [-0.3, -0.25) is 4.79 Å². The van der Waals surface area contributed by atoms with E-state index in [0.29, 0.717) is 12.8 Å². The first-order valence-electron chi connectivity index (χ1n) is 6.19. The Balaban J connectivity index is 2.71. The summed E-state index contributed by atoms with van der Waals surface area (Å²) in [5, 5.41) is 14.8. The summed E-state index contributed by atoms with van der Waals surface area (Å²) in [6, 6.07) is 0. The zero-order valence-corrected chi connectivity index (χ0v) is 11.3. The van der Waals surface area contributed by atoms with Crippen LogP contribution in [0.5, 0.6) is 0 Å². The summed E-state index contributed by atoms with van der Waals surface area (Å²) in [7, 11) is 1.57. The molecule has 0 aliphatic heterocycles. The second-order valence-electron chi connectivity index (χ2n) is 5.46. The van der Waals surface area contributed by atoms with Crippen molar-refractivity contribution in [3.63, 3.8) is 0 Å². The Kier molecular flexibility index (Phi) is 4.56. The zero-order chi connectivity index (χ0) is 13.8. The lowest BCUT2D eigenvalue weighted by molar-refractivity contribution is -0.127. The van der Waals surface area contributed by atoms with E-state index in [9.17, 15) is 4.79 Å². The molecule has 4 N–H and O–H groups in total. The number of nitrogens with one attached hydrogen (secondary N) is 1. The van der Waals surface area contributed by atoms with Crippen molar-refractivity contribution in [2.75, 3.05) is 7.11 Å². The maximum Gasteiger partial charge on any atom is 0.223 e. The molecule has 0 aromatic carbocycles. The average Bonchev–Trinajstić information content (AvgIpc) is 2.76. The van der Waals surface area contributed by atoms with E-state index >= 15 is 0 Å². The van der Waals surface area contributed by atoms with Crippen molar-refractivity contribution in [3.8, 4) is 0 Å². The smallest absolute Gasteiger partial charge is 0.223 e. The van der Waals surface area contributed by atoms with E-state index in [1.165, 1.54) is 0 Å². The van der Waals surface area contributed by atoms with Crippen LogP contribution in [0.3, 0.4) is 0 Å². The van der Waals surface area contributed by atoms with E-state index in [4.69, 9.17) is 15.7 Å². The molecular weight excluding hydrogens is 234 g/mol. The Hall–Kier alpha value is -1.30. The predicted octanol–water partition coefficient (Wildman–Crippen LogP) is 0.977. The number of methoxy groups -OCH3 is 1. The Bertz CT molecular complexity index is 333. The number of nitrogens with two attached hydrogens (primary N) is 1. The summed E-state index contributed by atoms with van der Waals surface area (Å²) in [4.78, 5) is 12.0. The number of rotatable bonds is 5. The lowest BCUT2D eigenvalue weighted by Crippen LogP contribution is -2.56. The summed E-state index contributed by atoms with van der Waals surface area (Å²) < 4.78 is 5.22. The minimum absolute atomic E-state index is 0.0866. The number of oxime groups is 1. The molecule has 0 saturated heterocycles. The van der Waals surface area contributed by atoms with Gasteiger partial charge in [-0.15, -0.1) is 0 Å². The van der Waals surface area contributed by atoms with Gasteiger partial charge in [0.25, 0.3) is 0 Å². The summed E-state index contributed by atoms with van der Waals surface area (Å²) >= 11 is 0. The van der Waals surface area contributed by atoms with E-state index in [0.717, 1.165) is 12.8 Å². The second-order valence-corrected chi connectivity index (χ2v) is 5.46. The number of hydrogen-bond donors (Lipinski definition) is 3. The molecule has 0 atom stereocenters. The van der Waals surface area contributed by atoms with Crippen molar-refractivity contribution < 1.29 is 14.7 Å². The molecule has 1 rings (SSSR count). The lowest BCUT2D eigenvalue weighted by atomic mass is 9.94. The molecule has 1 saturated carbocycles. The van der Waals surface area contributed by atoms with Gasteiger partial charge in [0.15, 0.2) is 5.84 Å². The first-order chi connectivity index (χ1) is 8.35. The Morgan fingerprint density at radius 2 is 2.06 bits per heavy atom. The van der Waals surface area contributed by atoms with Crippen LogP contribution in [0.2, 0.25) is 0 Å². The predicted molar refractivity (Wildman–Crippen MR) is 68.5 cm³/mol. The third kappa shape index (κ3) is 3.35. The molecule has 0 radical (unpaired) electrons. The molecule has 0 spiro atoms. The number of ether oxygens (including phenoxy) is 1.